The topological polar surface area (TPSA) is 38.7 Å². The fourth-order valence-electron chi connectivity index (χ4n) is 7.31. The summed E-state index contributed by atoms with van der Waals surface area (Å²) >= 11 is 0. The number of aliphatic hydroxyl groups excluding tert-OH is 1. The number of ether oxygens (including phenoxy) is 2. The van der Waals surface area contributed by atoms with Gasteiger partial charge in [0.15, 0.2) is 0 Å². The number of benzene rings is 3. The molecule has 3 aromatic carbocycles. The molecule has 1 N–H and O–H groups in total. The zero-order chi connectivity index (χ0) is 36.1. The third-order valence-corrected chi connectivity index (χ3v) is 10.4. The molecule has 0 aliphatic rings. The van der Waals surface area contributed by atoms with Gasteiger partial charge in [0.05, 0.1) is 12.7 Å². The summed E-state index contributed by atoms with van der Waals surface area (Å²) in [6.07, 6.45) is 29.1. The van der Waals surface area contributed by atoms with Crippen LogP contribution in [0, 0.1) is 0 Å². The Morgan fingerprint density at radius 3 is 1.33 bits per heavy atom. The molecule has 0 saturated carbocycles. The molecule has 0 bridgehead atoms. The Bertz CT molecular complexity index is 1110. The van der Waals surface area contributed by atoms with Gasteiger partial charge < -0.3 is 14.6 Å². The second-order valence-corrected chi connectivity index (χ2v) is 14.7. The van der Waals surface area contributed by atoms with E-state index in [4.69, 9.17) is 9.47 Å². The van der Waals surface area contributed by atoms with Crippen LogP contribution in [-0.2, 0) is 15.1 Å². The van der Waals surface area contributed by atoms with Gasteiger partial charge in [-0.2, -0.15) is 0 Å². The lowest BCUT2D eigenvalue weighted by molar-refractivity contribution is -0.110. The molecule has 0 saturated heterocycles. The van der Waals surface area contributed by atoms with E-state index in [0.717, 1.165) is 55.2 Å². The van der Waals surface area contributed by atoms with Crippen LogP contribution in [0.5, 0.6) is 0 Å². The standard InChI is InChI=1S/C48H72O3/c1-3-5-7-9-10-11-12-13-14-15-16-17-18-19-20-21-22-32-40-46(49)47(50-41-33-8-6-4-2)42-51-48(43-34-26-23-27-35-43,44-36-28-24-29-37-44)45-38-30-25-31-39-45/h4,23-31,34-39,46-47,49H,2-3,5-22,32-33,40-42H2,1H3/t46?,47-/m0/s1. The van der Waals surface area contributed by atoms with Crippen molar-refractivity contribution in [2.75, 3.05) is 13.2 Å². The molecule has 0 spiro atoms. The monoisotopic (exact) mass is 697 g/mol. The van der Waals surface area contributed by atoms with Gasteiger partial charge in [-0.25, -0.2) is 0 Å². The lowest BCUT2D eigenvalue weighted by atomic mass is 9.80. The zero-order valence-corrected chi connectivity index (χ0v) is 32.3. The Morgan fingerprint density at radius 1 is 0.549 bits per heavy atom. The normalized spacial score (nSPS) is 12.9. The highest BCUT2D eigenvalue weighted by atomic mass is 16.6. The van der Waals surface area contributed by atoms with Gasteiger partial charge in [0.1, 0.15) is 11.7 Å². The Balaban J connectivity index is 1.46. The summed E-state index contributed by atoms with van der Waals surface area (Å²) in [4.78, 5) is 0. The molecule has 3 aromatic rings. The molecule has 1 unspecified atom stereocenters. The summed E-state index contributed by atoms with van der Waals surface area (Å²) < 4.78 is 13.5. The van der Waals surface area contributed by atoms with E-state index in [1.807, 2.05) is 24.3 Å². The van der Waals surface area contributed by atoms with Crippen molar-refractivity contribution in [1.82, 2.24) is 0 Å². The van der Waals surface area contributed by atoms with Crippen molar-refractivity contribution in [2.45, 2.75) is 166 Å². The second kappa shape index (κ2) is 27.9. The molecule has 0 aromatic heterocycles. The highest BCUT2D eigenvalue weighted by Gasteiger charge is 2.39. The van der Waals surface area contributed by atoms with E-state index in [-0.39, 0.29) is 0 Å². The summed E-state index contributed by atoms with van der Waals surface area (Å²) in [5.74, 6) is 0. The predicted molar refractivity (Wildman–Crippen MR) is 218 cm³/mol. The minimum Gasteiger partial charge on any atom is -0.390 e. The zero-order valence-electron chi connectivity index (χ0n) is 32.3. The van der Waals surface area contributed by atoms with E-state index in [0.29, 0.717) is 13.2 Å². The van der Waals surface area contributed by atoms with E-state index < -0.39 is 17.8 Å². The van der Waals surface area contributed by atoms with Gasteiger partial charge in [-0.05, 0) is 42.4 Å². The summed E-state index contributed by atoms with van der Waals surface area (Å²) in [6, 6.07) is 31.4. The van der Waals surface area contributed by atoms with E-state index >= 15 is 0 Å². The number of hydrogen-bond acceptors (Lipinski definition) is 3. The summed E-state index contributed by atoms with van der Waals surface area (Å²) in [5, 5.41) is 11.5. The van der Waals surface area contributed by atoms with Crippen molar-refractivity contribution < 1.29 is 14.6 Å². The van der Waals surface area contributed by atoms with Crippen LogP contribution in [0.3, 0.4) is 0 Å². The summed E-state index contributed by atoms with van der Waals surface area (Å²) in [6.45, 7) is 7.05. The second-order valence-electron chi connectivity index (χ2n) is 14.7. The number of rotatable bonds is 32. The SMILES string of the molecule is C=CCCCCO[C@@H](COC(c1ccccc1)(c1ccccc1)c1ccccc1)C(O)CCCCCCCCCCCCCCCCCCCC. The Morgan fingerprint density at radius 2 is 0.941 bits per heavy atom. The Labute approximate surface area is 313 Å². The lowest BCUT2D eigenvalue weighted by Crippen LogP contribution is -2.40. The average molecular weight is 697 g/mol. The minimum absolute atomic E-state index is 0.292. The lowest BCUT2D eigenvalue weighted by Gasteiger charge is -2.37. The van der Waals surface area contributed by atoms with E-state index in [9.17, 15) is 5.11 Å². The van der Waals surface area contributed by atoms with Crippen LogP contribution >= 0.6 is 0 Å². The maximum Gasteiger partial charge on any atom is 0.143 e. The number of hydrogen-bond donors (Lipinski definition) is 1. The number of allylic oxidation sites excluding steroid dienone is 1. The predicted octanol–water partition coefficient (Wildman–Crippen LogP) is 13.5. The van der Waals surface area contributed by atoms with Gasteiger partial charge in [0, 0.05) is 6.61 Å². The molecule has 0 fully saturated rings. The minimum atomic E-state index is -0.832. The molecule has 0 radical (unpaired) electrons. The van der Waals surface area contributed by atoms with E-state index in [1.54, 1.807) is 0 Å². The van der Waals surface area contributed by atoms with Crippen LogP contribution in [0.15, 0.2) is 104 Å². The smallest absolute Gasteiger partial charge is 0.143 e. The third-order valence-electron chi connectivity index (χ3n) is 10.4. The van der Waals surface area contributed by atoms with Crippen molar-refractivity contribution in [3.63, 3.8) is 0 Å². The molecule has 0 amide bonds. The van der Waals surface area contributed by atoms with Gasteiger partial charge in [-0.3, -0.25) is 0 Å². The molecule has 51 heavy (non-hydrogen) atoms. The fraction of sp³-hybridized carbons (Fsp3) is 0.583. The van der Waals surface area contributed by atoms with Gasteiger partial charge in [0.2, 0.25) is 0 Å². The number of unbranched alkanes of at least 4 members (excludes halogenated alkanes) is 19. The molecular formula is C48H72O3. The Hall–Kier alpha value is -2.72. The van der Waals surface area contributed by atoms with Crippen molar-refractivity contribution in [3.05, 3.63) is 120 Å². The first-order chi connectivity index (χ1) is 25.2. The van der Waals surface area contributed by atoms with Crippen molar-refractivity contribution in [1.29, 1.82) is 0 Å². The highest BCUT2D eigenvalue weighted by molar-refractivity contribution is 5.47. The first kappa shape index (κ1) is 42.7. The molecular weight excluding hydrogens is 625 g/mol. The molecule has 282 valence electrons. The van der Waals surface area contributed by atoms with Crippen LogP contribution in [0.1, 0.15) is 165 Å². The van der Waals surface area contributed by atoms with Crippen molar-refractivity contribution in [3.8, 4) is 0 Å². The largest absolute Gasteiger partial charge is 0.390 e. The highest BCUT2D eigenvalue weighted by Crippen LogP contribution is 2.40. The maximum atomic E-state index is 11.5. The van der Waals surface area contributed by atoms with E-state index in [1.165, 1.54) is 103 Å². The van der Waals surface area contributed by atoms with Crippen LogP contribution in [0.4, 0.5) is 0 Å². The molecule has 3 heteroatoms. The number of aliphatic hydroxyl groups is 1. The third kappa shape index (κ3) is 16.7. The maximum absolute atomic E-state index is 11.5. The molecule has 3 rings (SSSR count). The summed E-state index contributed by atoms with van der Waals surface area (Å²) in [5.41, 5.74) is 2.35. The fourth-order valence-corrected chi connectivity index (χ4v) is 7.31. The van der Waals surface area contributed by atoms with Crippen molar-refractivity contribution in [2.24, 2.45) is 0 Å². The average Bonchev–Trinajstić information content (AvgIpc) is 3.18. The summed E-state index contributed by atoms with van der Waals surface area (Å²) in [7, 11) is 0. The van der Waals surface area contributed by atoms with Crippen molar-refractivity contribution >= 4 is 0 Å². The Kier molecular flexibility index (Phi) is 23.3. The van der Waals surface area contributed by atoms with Gasteiger partial charge in [-0.15, -0.1) is 6.58 Å². The quantitative estimate of drug-likeness (QED) is 0.0401. The molecule has 0 aliphatic heterocycles. The molecule has 0 aliphatic carbocycles. The van der Waals surface area contributed by atoms with Gasteiger partial charge in [-0.1, -0.05) is 220 Å². The first-order valence-electron chi connectivity index (χ1n) is 20.9. The van der Waals surface area contributed by atoms with Gasteiger partial charge in [0.25, 0.3) is 0 Å². The van der Waals surface area contributed by atoms with E-state index in [2.05, 4.69) is 86.3 Å². The molecule has 2 atom stereocenters. The first-order valence-corrected chi connectivity index (χ1v) is 20.9. The van der Waals surface area contributed by atoms with Gasteiger partial charge >= 0.3 is 0 Å². The van der Waals surface area contributed by atoms with Crippen LogP contribution < -0.4 is 0 Å². The molecule has 0 heterocycles. The molecule has 3 nitrogen and oxygen atoms in total. The van der Waals surface area contributed by atoms with Crippen LogP contribution in [-0.4, -0.2) is 30.5 Å². The van der Waals surface area contributed by atoms with Crippen LogP contribution in [0.2, 0.25) is 0 Å². The van der Waals surface area contributed by atoms with Crippen LogP contribution in [0.25, 0.3) is 0 Å².